The highest BCUT2D eigenvalue weighted by molar-refractivity contribution is 6.11. The Hall–Kier alpha value is -3.79. The molecule has 1 aromatic heterocycles. The molecule has 37 heavy (non-hydrogen) atoms. The quantitative estimate of drug-likeness (QED) is 0.298. The third-order valence-corrected chi connectivity index (χ3v) is 6.24. The number of pyridine rings is 1. The molecule has 2 heterocycles. The van der Waals surface area contributed by atoms with E-state index >= 15 is 0 Å². The van der Waals surface area contributed by atoms with Crippen molar-refractivity contribution in [1.82, 2.24) is 20.9 Å². The average Bonchev–Trinajstić information content (AvgIpc) is 3.13. The third-order valence-electron chi connectivity index (χ3n) is 6.24. The Morgan fingerprint density at radius 1 is 0.919 bits per heavy atom. The highest BCUT2D eigenvalue weighted by atomic mass is 35.5. The van der Waals surface area contributed by atoms with Gasteiger partial charge in [-0.25, -0.2) is 0 Å². The van der Waals surface area contributed by atoms with Crippen molar-refractivity contribution in [2.45, 2.75) is 31.5 Å². The molecular weight excluding hydrogens is 494 g/mol. The lowest BCUT2D eigenvalue weighted by Crippen LogP contribution is -2.54. The number of carbonyl (C=O) groups excluding carboxylic acids is 3. The minimum Gasteiger partial charge on any atom is -0.507 e. The molecule has 0 aliphatic carbocycles. The normalized spacial score (nSPS) is 17.1. The third kappa shape index (κ3) is 6.91. The number of nitrogens with zero attached hydrogens (tertiary/aromatic N) is 1. The monoisotopic (exact) mass is 523 g/mol. The number of amides is 2. The number of benzene rings is 2. The Morgan fingerprint density at radius 3 is 2.22 bits per heavy atom. The van der Waals surface area contributed by atoms with E-state index in [9.17, 15) is 19.5 Å². The Bertz CT molecular complexity index is 1240. The van der Waals surface area contributed by atoms with Gasteiger partial charge in [-0.1, -0.05) is 18.2 Å². The van der Waals surface area contributed by atoms with E-state index in [1.165, 1.54) is 6.07 Å². The van der Waals surface area contributed by atoms with Crippen LogP contribution in [0.2, 0.25) is 0 Å². The number of phenols is 1. The van der Waals surface area contributed by atoms with Gasteiger partial charge in [0.1, 0.15) is 5.75 Å². The molecule has 2 atom stereocenters. The van der Waals surface area contributed by atoms with Gasteiger partial charge in [0.2, 0.25) is 0 Å². The SMILES string of the molecule is Cl.NCc1ccc(O)c(C(=O)c2ccc(C(=O)NC3CCCNCC3NC(=O)c3ccncc3)cc2)c1. The average molecular weight is 524 g/mol. The number of carbonyl (C=O) groups is 3. The summed E-state index contributed by atoms with van der Waals surface area (Å²) in [5.41, 5.74) is 7.78. The fraction of sp³-hybridized carbons (Fsp3) is 0.259. The predicted octanol–water partition coefficient (Wildman–Crippen LogP) is 2.18. The van der Waals surface area contributed by atoms with Crippen molar-refractivity contribution in [1.29, 1.82) is 0 Å². The topological polar surface area (TPSA) is 146 Å². The van der Waals surface area contributed by atoms with Crippen molar-refractivity contribution in [2.75, 3.05) is 13.1 Å². The summed E-state index contributed by atoms with van der Waals surface area (Å²) < 4.78 is 0. The molecule has 9 nitrogen and oxygen atoms in total. The summed E-state index contributed by atoms with van der Waals surface area (Å²) in [5, 5.41) is 19.5. The number of phenolic OH excluding ortho intramolecular Hbond substituents is 1. The maximum atomic E-state index is 13.0. The largest absolute Gasteiger partial charge is 0.507 e. The molecule has 1 aliphatic heterocycles. The Balaban J connectivity index is 0.00000380. The van der Waals surface area contributed by atoms with Crippen LogP contribution in [0.25, 0.3) is 0 Å². The molecule has 6 N–H and O–H groups in total. The van der Waals surface area contributed by atoms with E-state index in [0.29, 0.717) is 29.7 Å². The van der Waals surface area contributed by atoms with Gasteiger partial charge in [0, 0.05) is 42.2 Å². The van der Waals surface area contributed by atoms with Crippen molar-refractivity contribution in [3.63, 3.8) is 0 Å². The number of rotatable bonds is 7. The maximum absolute atomic E-state index is 13.0. The maximum Gasteiger partial charge on any atom is 0.251 e. The Morgan fingerprint density at radius 2 is 1.54 bits per heavy atom. The van der Waals surface area contributed by atoms with Gasteiger partial charge in [0.25, 0.3) is 11.8 Å². The highest BCUT2D eigenvalue weighted by Gasteiger charge is 2.27. The van der Waals surface area contributed by atoms with Gasteiger partial charge in [-0.05, 0) is 61.3 Å². The molecule has 10 heteroatoms. The van der Waals surface area contributed by atoms with Gasteiger partial charge in [0.05, 0.1) is 17.6 Å². The van der Waals surface area contributed by atoms with Crippen molar-refractivity contribution in [3.8, 4) is 5.75 Å². The second kappa shape index (κ2) is 13.0. The first kappa shape index (κ1) is 27.8. The van der Waals surface area contributed by atoms with E-state index in [2.05, 4.69) is 20.9 Å². The van der Waals surface area contributed by atoms with E-state index in [0.717, 1.165) is 18.5 Å². The number of aromatic hydroxyl groups is 1. The summed E-state index contributed by atoms with van der Waals surface area (Å²) >= 11 is 0. The number of nitrogens with one attached hydrogen (secondary N) is 3. The standard InChI is InChI=1S/C27H29N5O4.ClH/c28-15-17-3-8-24(33)21(14-17)25(34)18-4-6-19(7-5-18)26(35)31-22-2-1-11-30-16-23(22)32-27(36)20-9-12-29-13-10-20;/h3-10,12-14,22-23,30,33H,1-2,11,15-16,28H2,(H,31,35)(H,32,36);1H. The van der Waals surface area contributed by atoms with Crippen LogP contribution >= 0.6 is 12.4 Å². The minimum absolute atomic E-state index is 0. The van der Waals surface area contributed by atoms with Crippen molar-refractivity contribution in [2.24, 2.45) is 5.73 Å². The van der Waals surface area contributed by atoms with Crippen molar-refractivity contribution < 1.29 is 19.5 Å². The van der Waals surface area contributed by atoms with E-state index in [4.69, 9.17) is 5.73 Å². The molecule has 2 amide bonds. The first-order chi connectivity index (χ1) is 17.5. The molecule has 0 spiro atoms. The molecule has 1 saturated heterocycles. The smallest absolute Gasteiger partial charge is 0.251 e. The van der Waals surface area contributed by atoms with Crippen LogP contribution in [0.3, 0.4) is 0 Å². The molecule has 0 radical (unpaired) electrons. The molecule has 1 fully saturated rings. The van der Waals surface area contributed by atoms with Crippen LogP contribution in [0.5, 0.6) is 5.75 Å². The van der Waals surface area contributed by atoms with Crippen molar-refractivity contribution >= 4 is 30.0 Å². The molecule has 0 bridgehead atoms. The minimum atomic E-state index is -0.358. The van der Waals surface area contributed by atoms with E-state index in [-0.39, 0.29) is 59.9 Å². The fourth-order valence-corrected chi connectivity index (χ4v) is 4.20. The van der Waals surface area contributed by atoms with Gasteiger partial charge >= 0.3 is 0 Å². The Labute approximate surface area is 221 Å². The zero-order valence-electron chi connectivity index (χ0n) is 20.1. The number of ketones is 1. The summed E-state index contributed by atoms with van der Waals surface area (Å²) in [5.74, 6) is -1.00. The van der Waals surface area contributed by atoms with Crippen LogP contribution < -0.4 is 21.7 Å². The van der Waals surface area contributed by atoms with Gasteiger partial charge in [-0.15, -0.1) is 12.4 Å². The lowest BCUT2D eigenvalue weighted by molar-refractivity contribution is 0.0882. The summed E-state index contributed by atoms with van der Waals surface area (Å²) in [6.07, 6.45) is 4.67. The first-order valence-electron chi connectivity index (χ1n) is 11.9. The molecular formula is C27H30ClN5O4. The number of halogens is 1. The van der Waals surface area contributed by atoms with Crippen LogP contribution in [-0.4, -0.2) is 52.9 Å². The predicted molar refractivity (Wildman–Crippen MR) is 142 cm³/mol. The zero-order valence-corrected chi connectivity index (χ0v) is 21.0. The van der Waals surface area contributed by atoms with Gasteiger partial charge in [-0.3, -0.25) is 19.4 Å². The number of aromatic nitrogens is 1. The van der Waals surface area contributed by atoms with E-state index in [1.807, 2.05) is 0 Å². The van der Waals surface area contributed by atoms with Crippen LogP contribution in [0, 0.1) is 0 Å². The summed E-state index contributed by atoms with van der Waals surface area (Å²) in [6.45, 7) is 1.57. The summed E-state index contributed by atoms with van der Waals surface area (Å²) in [7, 11) is 0. The van der Waals surface area contributed by atoms with Crippen LogP contribution in [0.4, 0.5) is 0 Å². The molecule has 3 aromatic rings. The fourth-order valence-electron chi connectivity index (χ4n) is 4.20. The van der Waals surface area contributed by atoms with Crippen LogP contribution in [0.15, 0.2) is 67.0 Å². The lowest BCUT2D eigenvalue weighted by atomic mass is 9.99. The molecule has 4 rings (SSSR count). The van der Waals surface area contributed by atoms with Gasteiger partial charge < -0.3 is 26.8 Å². The summed E-state index contributed by atoms with van der Waals surface area (Å²) in [6, 6.07) is 13.7. The molecule has 194 valence electrons. The molecule has 2 aromatic carbocycles. The van der Waals surface area contributed by atoms with Crippen LogP contribution in [-0.2, 0) is 6.54 Å². The number of nitrogens with two attached hydrogens (primary N) is 1. The zero-order chi connectivity index (χ0) is 25.5. The Kier molecular flexibility index (Phi) is 9.73. The van der Waals surface area contributed by atoms with Crippen LogP contribution in [0.1, 0.15) is 55.0 Å². The first-order valence-corrected chi connectivity index (χ1v) is 11.9. The number of hydrogen-bond acceptors (Lipinski definition) is 7. The molecule has 1 aliphatic rings. The summed E-state index contributed by atoms with van der Waals surface area (Å²) in [4.78, 5) is 42.5. The lowest BCUT2D eigenvalue weighted by Gasteiger charge is -2.27. The van der Waals surface area contributed by atoms with E-state index in [1.54, 1.807) is 60.9 Å². The van der Waals surface area contributed by atoms with Gasteiger partial charge in [-0.2, -0.15) is 0 Å². The number of hydrogen-bond donors (Lipinski definition) is 5. The second-order valence-corrected chi connectivity index (χ2v) is 8.70. The van der Waals surface area contributed by atoms with Crippen molar-refractivity contribution in [3.05, 3.63) is 94.8 Å². The van der Waals surface area contributed by atoms with Gasteiger partial charge in [0.15, 0.2) is 5.78 Å². The molecule has 2 unspecified atom stereocenters. The second-order valence-electron chi connectivity index (χ2n) is 8.70. The molecule has 0 saturated carbocycles. The highest BCUT2D eigenvalue weighted by Crippen LogP contribution is 2.22. The van der Waals surface area contributed by atoms with E-state index < -0.39 is 0 Å².